The van der Waals surface area contributed by atoms with E-state index in [0.29, 0.717) is 0 Å². The van der Waals surface area contributed by atoms with Crippen LogP contribution in [-0.4, -0.2) is 0 Å². The molecule has 0 saturated heterocycles. The maximum Gasteiger partial charge on any atom is -0.0105 e. The van der Waals surface area contributed by atoms with Gasteiger partial charge in [0.1, 0.15) is 0 Å². The molecule has 0 nitrogen and oxygen atoms in total. The van der Waals surface area contributed by atoms with Gasteiger partial charge < -0.3 is 0 Å². The Balaban J connectivity index is 0.000000174. The van der Waals surface area contributed by atoms with Crippen LogP contribution < -0.4 is 0 Å². The van der Waals surface area contributed by atoms with Crippen LogP contribution in [0.2, 0.25) is 0 Å². The van der Waals surface area contributed by atoms with Crippen molar-refractivity contribution < 1.29 is 0 Å². The SMILES string of the molecule is Cc1ccc2c(ccc3ccccc32)c1.Cc1ccccc1. The molecule has 0 spiro atoms. The highest BCUT2D eigenvalue weighted by Gasteiger charge is 1.98. The third-order valence-corrected chi connectivity index (χ3v) is 3.84. The van der Waals surface area contributed by atoms with Gasteiger partial charge in [-0.1, -0.05) is 96.1 Å². The first-order valence-corrected chi connectivity index (χ1v) is 7.64. The lowest BCUT2D eigenvalue weighted by atomic mass is 10.0. The molecule has 4 rings (SSSR count). The van der Waals surface area contributed by atoms with Gasteiger partial charge in [-0.05, 0) is 35.4 Å². The lowest BCUT2D eigenvalue weighted by Crippen LogP contribution is -1.78. The quantitative estimate of drug-likeness (QED) is 0.332. The van der Waals surface area contributed by atoms with Gasteiger partial charge in [0.05, 0.1) is 0 Å². The van der Waals surface area contributed by atoms with E-state index < -0.39 is 0 Å². The summed E-state index contributed by atoms with van der Waals surface area (Å²) in [7, 11) is 0. The van der Waals surface area contributed by atoms with Crippen molar-refractivity contribution in [3.63, 3.8) is 0 Å². The zero-order chi connectivity index (χ0) is 15.4. The molecular weight excluding hydrogens is 264 g/mol. The van der Waals surface area contributed by atoms with Crippen LogP contribution in [0.1, 0.15) is 11.1 Å². The molecule has 0 saturated carbocycles. The topological polar surface area (TPSA) is 0 Å². The number of hydrogen-bond acceptors (Lipinski definition) is 0. The van der Waals surface area contributed by atoms with E-state index in [4.69, 9.17) is 0 Å². The van der Waals surface area contributed by atoms with E-state index in [-0.39, 0.29) is 0 Å². The summed E-state index contributed by atoms with van der Waals surface area (Å²) in [6.45, 7) is 4.22. The van der Waals surface area contributed by atoms with E-state index in [2.05, 4.69) is 80.6 Å². The third kappa shape index (κ3) is 3.17. The third-order valence-electron chi connectivity index (χ3n) is 3.84. The van der Waals surface area contributed by atoms with E-state index >= 15 is 0 Å². The predicted molar refractivity (Wildman–Crippen MR) is 97.4 cm³/mol. The first-order chi connectivity index (χ1) is 10.7. The highest BCUT2D eigenvalue weighted by Crippen LogP contribution is 2.25. The van der Waals surface area contributed by atoms with E-state index in [0.717, 1.165) is 0 Å². The summed E-state index contributed by atoms with van der Waals surface area (Å²) in [5.74, 6) is 0. The molecule has 0 radical (unpaired) electrons. The molecule has 0 amide bonds. The Labute approximate surface area is 132 Å². The van der Waals surface area contributed by atoms with Gasteiger partial charge in [-0.15, -0.1) is 0 Å². The number of fused-ring (bicyclic) bond motifs is 3. The Hall–Kier alpha value is -2.60. The highest BCUT2D eigenvalue weighted by atomic mass is 14.0. The molecular formula is C22H20. The fraction of sp³-hybridized carbons (Fsp3) is 0.0909. The molecule has 0 aliphatic heterocycles. The molecule has 0 unspecified atom stereocenters. The maximum atomic E-state index is 2.24. The summed E-state index contributed by atoms with van der Waals surface area (Å²) in [5.41, 5.74) is 2.64. The van der Waals surface area contributed by atoms with Crippen molar-refractivity contribution in [1.29, 1.82) is 0 Å². The van der Waals surface area contributed by atoms with Crippen LogP contribution in [0.15, 0.2) is 84.9 Å². The van der Waals surface area contributed by atoms with Crippen molar-refractivity contribution in [3.8, 4) is 0 Å². The van der Waals surface area contributed by atoms with E-state index in [9.17, 15) is 0 Å². The Morgan fingerprint density at radius 2 is 1.09 bits per heavy atom. The molecule has 0 heterocycles. The van der Waals surface area contributed by atoms with Gasteiger partial charge in [0, 0.05) is 0 Å². The Morgan fingerprint density at radius 3 is 1.82 bits per heavy atom. The summed E-state index contributed by atoms with van der Waals surface area (Å²) >= 11 is 0. The normalized spacial score (nSPS) is 10.3. The lowest BCUT2D eigenvalue weighted by Gasteiger charge is -2.04. The average Bonchev–Trinajstić information content (AvgIpc) is 2.56. The summed E-state index contributed by atoms with van der Waals surface area (Å²) < 4.78 is 0. The zero-order valence-corrected chi connectivity index (χ0v) is 13.1. The second-order valence-corrected chi connectivity index (χ2v) is 5.67. The lowest BCUT2D eigenvalue weighted by molar-refractivity contribution is 1.48. The second kappa shape index (κ2) is 6.44. The van der Waals surface area contributed by atoms with E-state index in [1.54, 1.807) is 0 Å². The number of benzene rings is 4. The van der Waals surface area contributed by atoms with Crippen LogP contribution in [0.25, 0.3) is 21.5 Å². The number of rotatable bonds is 0. The first kappa shape index (κ1) is 14.3. The second-order valence-electron chi connectivity index (χ2n) is 5.67. The van der Waals surface area contributed by atoms with Crippen LogP contribution in [0, 0.1) is 13.8 Å². The van der Waals surface area contributed by atoms with Crippen molar-refractivity contribution in [2.24, 2.45) is 0 Å². The smallest absolute Gasteiger partial charge is 0.0105 e. The van der Waals surface area contributed by atoms with Crippen LogP contribution in [0.3, 0.4) is 0 Å². The number of aryl methyl sites for hydroxylation is 2. The van der Waals surface area contributed by atoms with Crippen molar-refractivity contribution in [2.75, 3.05) is 0 Å². The summed E-state index contributed by atoms with van der Waals surface area (Å²) in [6, 6.07) is 29.8. The Morgan fingerprint density at radius 1 is 0.455 bits per heavy atom. The minimum atomic E-state index is 1.31. The van der Waals surface area contributed by atoms with Crippen LogP contribution in [0.4, 0.5) is 0 Å². The number of hydrogen-bond donors (Lipinski definition) is 0. The van der Waals surface area contributed by atoms with Crippen LogP contribution >= 0.6 is 0 Å². The zero-order valence-electron chi connectivity index (χ0n) is 13.1. The molecule has 108 valence electrons. The monoisotopic (exact) mass is 284 g/mol. The summed E-state index contributed by atoms with van der Waals surface area (Å²) in [6.07, 6.45) is 0. The predicted octanol–water partition coefficient (Wildman–Crippen LogP) is 6.30. The summed E-state index contributed by atoms with van der Waals surface area (Å²) in [5, 5.41) is 5.33. The minimum Gasteiger partial charge on any atom is -0.0622 e. The molecule has 0 fully saturated rings. The molecule has 4 aromatic rings. The average molecular weight is 284 g/mol. The fourth-order valence-electron chi connectivity index (χ4n) is 2.67. The van der Waals surface area contributed by atoms with Crippen molar-refractivity contribution in [3.05, 3.63) is 96.1 Å². The van der Waals surface area contributed by atoms with Gasteiger partial charge in [0.25, 0.3) is 0 Å². The molecule has 4 aromatic carbocycles. The molecule has 0 N–H and O–H groups in total. The molecule has 0 atom stereocenters. The van der Waals surface area contributed by atoms with Gasteiger partial charge in [0.2, 0.25) is 0 Å². The summed E-state index contributed by atoms with van der Waals surface area (Å²) in [4.78, 5) is 0. The van der Waals surface area contributed by atoms with E-state index in [1.807, 2.05) is 18.2 Å². The van der Waals surface area contributed by atoms with Crippen molar-refractivity contribution in [1.82, 2.24) is 0 Å². The fourth-order valence-corrected chi connectivity index (χ4v) is 2.67. The minimum absolute atomic E-state index is 1.31. The van der Waals surface area contributed by atoms with Gasteiger partial charge in [0.15, 0.2) is 0 Å². The molecule has 0 heteroatoms. The molecule has 0 aliphatic rings. The molecule has 0 aliphatic carbocycles. The van der Waals surface area contributed by atoms with E-state index in [1.165, 1.54) is 32.7 Å². The van der Waals surface area contributed by atoms with Crippen LogP contribution in [-0.2, 0) is 0 Å². The highest BCUT2D eigenvalue weighted by molar-refractivity contribution is 6.07. The maximum absolute atomic E-state index is 2.24. The Bertz CT molecular complexity index is 889. The van der Waals surface area contributed by atoms with Gasteiger partial charge in [-0.3, -0.25) is 0 Å². The first-order valence-electron chi connectivity index (χ1n) is 7.64. The van der Waals surface area contributed by atoms with Crippen molar-refractivity contribution in [2.45, 2.75) is 13.8 Å². The molecule has 0 bridgehead atoms. The Kier molecular flexibility index (Phi) is 4.20. The molecule has 22 heavy (non-hydrogen) atoms. The largest absolute Gasteiger partial charge is 0.0622 e. The molecule has 0 aromatic heterocycles. The standard InChI is InChI=1S/C15H12.C7H8/c1-11-6-9-15-13(10-11)8-7-12-4-2-3-5-14(12)15;1-7-5-3-2-4-6-7/h2-10H,1H3;2-6H,1H3. The van der Waals surface area contributed by atoms with Gasteiger partial charge in [-0.25, -0.2) is 0 Å². The van der Waals surface area contributed by atoms with Gasteiger partial charge in [-0.2, -0.15) is 0 Å². The van der Waals surface area contributed by atoms with Crippen molar-refractivity contribution >= 4 is 21.5 Å². The van der Waals surface area contributed by atoms with Crippen LogP contribution in [0.5, 0.6) is 0 Å². The van der Waals surface area contributed by atoms with Gasteiger partial charge >= 0.3 is 0 Å².